The zero-order valence-corrected chi connectivity index (χ0v) is 12.7. The normalized spacial score (nSPS) is 16.7. The molecule has 2 aromatic rings. The highest BCUT2D eigenvalue weighted by Gasteiger charge is 2.21. The quantitative estimate of drug-likeness (QED) is 0.883. The van der Waals surface area contributed by atoms with Gasteiger partial charge in [0.2, 0.25) is 5.91 Å². The van der Waals surface area contributed by atoms with Crippen molar-refractivity contribution >= 4 is 36.4 Å². The topological polar surface area (TPSA) is 84.7 Å². The summed E-state index contributed by atoms with van der Waals surface area (Å²) in [4.78, 5) is 20.0. The van der Waals surface area contributed by atoms with Gasteiger partial charge >= 0.3 is 0 Å². The molecule has 2 N–H and O–H groups in total. The summed E-state index contributed by atoms with van der Waals surface area (Å²) >= 11 is 0. The first-order chi connectivity index (χ1) is 9.33. The van der Waals surface area contributed by atoms with Crippen LogP contribution in [0.15, 0.2) is 31.0 Å². The average Bonchev–Trinajstić information content (AvgIpc) is 3.13. The second-order valence-corrected chi connectivity index (χ2v) is 4.38. The Kier molecular flexibility index (Phi) is 6.54. The highest BCUT2D eigenvalue weighted by molar-refractivity contribution is 5.94. The third-order valence-electron chi connectivity index (χ3n) is 3.05. The lowest BCUT2D eigenvalue weighted by atomic mass is 10.2. The van der Waals surface area contributed by atoms with E-state index in [1.165, 1.54) is 6.33 Å². The maximum atomic E-state index is 11.9. The molecule has 0 bridgehead atoms. The molecule has 21 heavy (non-hydrogen) atoms. The minimum atomic E-state index is -0.0880. The van der Waals surface area contributed by atoms with Crippen LogP contribution in [-0.4, -0.2) is 38.2 Å². The van der Waals surface area contributed by atoms with E-state index in [0.29, 0.717) is 11.5 Å². The van der Waals surface area contributed by atoms with Crippen LogP contribution in [-0.2, 0) is 4.79 Å². The predicted molar refractivity (Wildman–Crippen MR) is 83.3 cm³/mol. The third kappa shape index (κ3) is 4.13. The van der Waals surface area contributed by atoms with Gasteiger partial charge in [0.1, 0.15) is 12.7 Å². The van der Waals surface area contributed by atoms with Gasteiger partial charge in [0, 0.05) is 0 Å². The molecule has 1 saturated heterocycles. The Labute approximate surface area is 134 Å². The standard InChI is InChI=1S/C12H14N6O.2ClH/c19-12(10-2-1-5-14-10)17-9-3-4-11(15-6-9)18-8-13-7-16-18;;/h3-4,6-8,10,14H,1-2,5H2,(H,17,19);2*1H. The molecule has 9 heteroatoms. The Hall–Kier alpha value is -1.70. The van der Waals surface area contributed by atoms with E-state index in [-0.39, 0.29) is 36.8 Å². The number of pyridine rings is 1. The maximum Gasteiger partial charge on any atom is 0.241 e. The van der Waals surface area contributed by atoms with Gasteiger partial charge in [0.15, 0.2) is 5.82 Å². The molecule has 1 fully saturated rings. The van der Waals surface area contributed by atoms with E-state index in [1.807, 2.05) is 0 Å². The van der Waals surface area contributed by atoms with Gasteiger partial charge in [-0.2, -0.15) is 5.10 Å². The molecule has 1 aliphatic rings. The molecule has 7 nitrogen and oxygen atoms in total. The number of rotatable bonds is 3. The van der Waals surface area contributed by atoms with Crippen molar-refractivity contribution in [1.82, 2.24) is 25.1 Å². The number of halogens is 2. The number of nitrogens with zero attached hydrogens (tertiary/aromatic N) is 4. The van der Waals surface area contributed by atoms with Crippen LogP contribution in [0.2, 0.25) is 0 Å². The molecule has 3 rings (SSSR count). The molecule has 0 radical (unpaired) electrons. The fourth-order valence-electron chi connectivity index (χ4n) is 2.06. The molecule has 1 unspecified atom stereocenters. The van der Waals surface area contributed by atoms with E-state index in [1.54, 1.807) is 29.3 Å². The molecule has 1 amide bonds. The number of hydrogen-bond donors (Lipinski definition) is 2. The van der Waals surface area contributed by atoms with Crippen molar-refractivity contribution in [2.75, 3.05) is 11.9 Å². The molecule has 1 atom stereocenters. The number of nitrogens with one attached hydrogen (secondary N) is 2. The van der Waals surface area contributed by atoms with E-state index in [9.17, 15) is 4.79 Å². The van der Waals surface area contributed by atoms with Crippen molar-refractivity contribution in [2.45, 2.75) is 18.9 Å². The summed E-state index contributed by atoms with van der Waals surface area (Å²) in [5, 5.41) is 9.99. The second kappa shape index (κ2) is 7.92. The Morgan fingerprint density at radius 3 is 2.81 bits per heavy atom. The summed E-state index contributed by atoms with van der Waals surface area (Å²) < 4.78 is 1.56. The fourth-order valence-corrected chi connectivity index (χ4v) is 2.06. The smallest absolute Gasteiger partial charge is 0.241 e. The van der Waals surface area contributed by atoms with Gasteiger partial charge in [0.05, 0.1) is 17.9 Å². The SMILES string of the molecule is Cl.Cl.O=C(Nc1ccc(-n2cncn2)nc1)C1CCCN1. The van der Waals surface area contributed by atoms with Crippen molar-refractivity contribution in [1.29, 1.82) is 0 Å². The first kappa shape index (κ1) is 17.4. The van der Waals surface area contributed by atoms with E-state index in [0.717, 1.165) is 19.4 Å². The van der Waals surface area contributed by atoms with Crippen LogP contribution in [0.4, 0.5) is 5.69 Å². The minimum absolute atomic E-state index is 0. The molecule has 0 aliphatic carbocycles. The summed E-state index contributed by atoms with van der Waals surface area (Å²) in [6, 6.07) is 3.50. The van der Waals surface area contributed by atoms with Gasteiger partial charge in [0.25, 0.3) is 0 Å². The molecule has 1 aliphatic heterocycles. The van der Waals surface area contributed by atoms with Crippen molar-refractivity contribution < 1.29 is 4.79 Å². The largest absolute Gasteiger partial charge is 0.323 e. The number of carbonyl (C=O) groups excluding carboxylic acids is 1. The summed E-state index contributed by atoms with van der Waals surface area (Å²) in [5.74, 6) is 0.655. The average molecular weight is 331 g/mol. The molecule has 0 aromatic carbocycles. The van der Waals surface area contributed by atoms with Gasteiger partial charge in [-0.3, -0.25) is 4.79 Å². The summed E-state index contributed by atoms with van der Waals surface area (Å²) in [6.07, 6.45) is 6.56. The maximum absolute atomic E-state index is 11.9. The Bertz CT molecular complexity index is 554. The lowest BCUT2D eigenvalue weighted by Crippen LogP contribution is -2.35. The lowest BCUT2D eigenvalue weighted by molar-refractivity contribution is -0.117. The lowest BCUT2D eigenvalue weighted by Gasteiger charge is -2.10. The highest BCUT2D eigenvalue weighted by atomic mass is 35.5. The third-order valence-corrected chi connectivity index (χ3v) is 3.05. The molecule has 0 saturated carbocycles. The van der Waals surface area contributed by atoms with E-state index in [4.69, 9.17) is 0 Å². The number of aromatic nitrogens is 4. The molecule has 114 valence electrons. The number of carbonyl (C=O) groups is 1. The summed E-state index contributed by atoms with van der Waals surface area (Å²) in [6.45, 7) is 0.904. The minimum Gasteiger partial charge on any atom is -0.323 e. The Morgan fingerprint density at radius 1 is 1.38 bits per heavy atom. The van der Waals surface area contributed by atoms with Gasteiger partial charge < -0.3 is 10.6 Å². The Balaban J connectivity index is 0.00000110. The number of anilines is 1. The van der Waals surface area contributed by atoms with Crippen LogP contribution >= 0.6 is 24.8 Å². The van der Waals surface area contributed by atoms with Gasteiger partial charge in [-0.25, -0.2) is 14.6 Å². The van der Waals surface area contributed by atoms with Crippen LogP contribution < -0.4 is 10.6 Å². The van der Waals surface area contributed by atoms with E-state index < -0.39 is 0 Å². The van der Waals surface area contributed by atoms with Gasteiger partial charge in [-0.1, -0.05) is 0 Å². The summed E-state index contributed by atoms with van der Waals surface area (Å²) in [5.41, 5.74) is 0.683. The highest BCUT2D eigenvalue weighted by Crippen LogP contribution is 2.11. The zero-order chi connectivity index (χ0) is 13.1. The number of hydrogen-bond acceptors (Lipinski definition) is 5. The van der Waals surface area contributed by atoms with E-state index >= 15 is 0 Å². The molecular weight excluding hydrogens is 315 g/mol. The first-order valence-corrected chi connectivity index (χ1v) is 6.18. The van der Waals surface area contributed by atoms with Crippen molar-refractivity contribution in [3.8, 4) is 5.82 Å². The molecule has 2 aromatic heterocycles. The van der Waals surface area contributed by atoms with Crippen LogP contribution in [0.5, 0.6) is 0 Å². The molecule has 0 spiro atoms. The van der Waals surface area contributed by atoms with Crippen LogP contribution in [0, 0.1) is 0 Å². The van der Waals surface area contributed by atoms with Crippen molar-refractivity contribution in [3.05, 3.63) is 31.0 Å². The van der Waals surface area contributed by atoms with Crippen LogP contribution in [0.1, 0.15) is 12.8 Å². The zero-order valence-electron chi connectivity index (χ0n) is 11.1. The summed E-state index contributed by atoms with van der Waals surface area (Å²) in [7, 11) is 0. The monoisotopic (exact) mass is 330 g/mol. The van der Waals surface area contributed by atoms with Crippen LogP contribution in [0.25, 0.3) is 5.82 Å². The van der Waals surface area contributed by atoms with E-state index in [2.05, 4.69) is 25.7 Å². The van der Waals surface area contributed by atoms with Crippen molar-refractivity contribution in [2.24, 2.45) is 0 Å². The fraction of sp³-hybridized carbons (Fsp3) is 0.333. The van der Waals surface area contributed by atoms with Gasteiger partial charge in [-0.05, 0) is 31.5 Å². The van der Waals surface area contributed by atoms with Crippen LogP contribution in [0.3, 0.4) is 0 Å². The number of amides is 1. The molecular formula is C12H16Cl2N6O. The van der Waals surface area contributed by atoms with Gasteiger partial charge in [-0.15, -0.1) is 24.8 Å². The van der Waals surface area contributed by atoms with Crippen molar-refractivity contribution in [3.63, 3.8) is 0 Å². The molecule has 3 heterocycles. The predicted octanol–water partition coefficient (Wildman–Crippen LogP) is 1.20. The second-order valence-electron chi connectivity index (χ2n) is 4.38. The Morgan fingerprint density at radius 2 is 2.24 bits per heavy atom. The first-order valence-electron chi connectivity index (χ1n) is 6.18.